The van der Waals surface area contributed by atoms with Crippen molar-refractivity contribution in [2.75, 3.05) is 27.3 Å². The molecule has 0 aliphatic heterocycles. The van der Waals surface area contributed by atoms with Crippen LogP contribution in [0.25, 0.3) is 0 Å². The van der Waals surface area contributed by atoms with Gasteiger partial charge in [-0.15, -0.1) is 0 Å². The fourth-order valence-corrected chi connectivity index (χ4v) is 4.91. The second-order valence-electron chi connectivity index (χ2n) is 12.0. The number of carbonyl (C=O) groups excluding carboxylic acids is 6. The van der Waals surface area contributed by atoms with Crippen molar-refractivity contribution in [2.24, 2.45) is 39.8 Å². The molecule has 0 radical (unpaired) electrons. The lowest BCUT2D eigenvalue weighted by molar-refractivity contribution is -0.146. The number of aliphatic imine (C=N–C) groups is 1. The third-order valence-corrected chi connectivity index (χ3v) is 7.84. The maximum atomic E-state index is 13.7. The Hall–Kier alpha value is -4.57. The molecule has 16 nitrogen and oxygen atoms in total. The van der Waals surface area contributed by atoms with Crippen molar-refractivity contribution in [3.63, 3.8) is 0 Å². The summed E-state index contributed by atoms with van der Waals surface area (Å²) in [6.45, 7) is 4.10. The standard InChI is InChI=1S/C33H54N8O8/c1-20(2)22(29(44)41-26(32(47)49-4)17-21-11-6-5-7-12-21)18-27(42)25(19-28(43)48-3)40-31(46)24(14-8-9-15-34)39-30(45)23(35)13-10-16-38-33(36)37/h5-7,11-12,20,22-26H,8-10,13-19,34-35H2,1-4H3,(H,39,45)(H,40,46)(H,41,44)(H4,36,37,38)/t22?,23-,24-,25-,26-/m0/s1. The van der Waals surface area contributed by atoms with Gasteiger partial charge in [-0.3, -0.25) is 29.0 Å². The highest BCUT2D eigenvalue weighted by Gasteiger charge is 2.34. The van der Waals surface area contributed by atoms with Crippen LogP contribution in [0.5, 0.6) is 0 Å². The summed E-state index contributed by atoms with van der Waals surface area (Å²) in [4.78, 5) is 82.3. The van der Waals surface area contributed by atoms with Gasteiger partial charge in [-0.25, -0.2) is 4.79 Å². The molecule has 0 aliphatic carbocycles. The monoisotopic (exact) mass is 690 g/mol. The van der Waals surface area contributed by atoms with Crippen LogP contribution in [-0.4, -0.2) is 92.9 Å². The zero-order valence-electron chi connectivity index (χ0n) is 28.9. The second kappa shape index (κ2) is 22.9. The summed E-state index contributed by atoms with van der Waals surface area (Å²) >= 11 is 0. The average Bonchev–Trinajstić information content (AvgIpc) is 3.07. The van der Waals surface area contributed by atoms with E-state index in [4.69, 9.17) is 32.4 Å². The molecule has 16 heteroatoms. The van der Waals surface area contributed by atoms with Crippen molar-refractivity contribution in [1.29, 1.82) is 0 Å². The molecule has 274 valence electrons. The smallest absolute Gasteiger partial charge is 0.328 e. The molecule has 5 atom stereocenters. The van der Waals surface area contributed by atoms with E-state index in [1.807, 2.05) is 6.07 Å². The molecule has 11 N–H and O–H groups in total. The number of esters is 2. The van der Waals surface area contributed by atoms with Gasteiger partial charge in [-0.05, 0) is 50.1 Å². The van der Waals surface area contributed by atoms with Crippen molar-refractivity contribution in [3.8, 4) is 0 Å². The van der Waals surface area contributed by atoms with Crippen LogP contribution in [0.4, 0.5) is 0 Å². The second-order valence-corrected chi connectivity index (χ2v) is 12.0. The molecule has 49 heavy (non-hydrogen) atoms. The minimum absolute atomic E-state index is 0.0838. The molecule has 1 aromatic rings. The number of nitrogens with two attached hydrogens (primary N) is 4. The molecular formula is C33H54N8O8. The number of unbranched alkanes of at least 4 members (excludes halogenated alkanes) is 1. The number of nitrogens with one attached hydrogen (secondary N) is 3. The molecule has 0 fully saturated rings. The summed E-state index contributed by atoms with van der Waals surface area (Å²) in [5, 5.41) is 7.91. The average molecular weight is 691 g/mol. The van der Waals surface area contributed by atoms with Gasteiger partial charge in [0.25, 0.3) is 0 Å². The van der Waals surface area contributed by atoms with Gasteiger partial charge in [0.05, 0.1) is 32.7 Å². The summed E-state index contributed by atoms with van der Waals surface area (Å²) in [6, 6.07) is 4.58. The van der Waals surface area contributed by atoms with E-state index in [1.165, 1.54) is 7.11 Å². The zero-order valence-corrected chi connectivity index (χ0v) is 28.9. The molecule has 0 aliphatic rings. The number of ketones is 1. The van der Waals surface area contributed by atoms with E-state index in [1.54, 1.807) is 38.1 Å². The summed E-state index contributed by atoms with van der Waals surface area (Å²) in [6.07, 6.45) is 1.17. The van der Waals surface area contributed by atoms with Gasteiger partial charge in [0.2, 0.25) is 17.7 Å². The molecular weight excluding hydrogens is 636 g/mol. The van der Waals surface area contributed by atoms with Crippen LogP contribution in [0.2, 0.25) is 0 Å². The number of carbonyl (C=O) groups is 6. The van der Waals surface area contributed by atoms with Crippen LogP contribution in [0, 0.1) is 11.8 Å². The summed E-state index contributed by atoms with van der Waals surface area (Å²) < 4.78 is 9.66. The highest BCUT2D eigenvalue weighted by Crippen LogP contribution is 2.19. The molecule has 1 aromatic carbocycles. The number of benzene rings is 1. The zero-order chi connectivity index (χ0) is 36.9. The number of amides is 3. The minimum Gasteiger partial charge on any atom is -0.469 e. The number of Topliss-reactive ketones (excluding diaryl/α,β-unsaturated/α-hetero) is 1. The first-order valence-electron chi connectivity index (χ1n) is 16.4. The third kappa shape index (κ3) is 16.4. The first-order chi connectivity index (χ1) is 23.2. The van der Waals surface area contributed by atoms with Gasteiger partial charge >= 0.3 is 11.9 Å². The Morgan fingerprint density at radius 1 is 0.776 bits per heavy atom. The molecule has 0 aromatic heterocycles. The van der Waals surface area contributed by atoms with Crippen molar-refractivity contribution >= 4 is 41.4 Å². The molecule has 0 bridgehead atoms. The molecule has 0 saturated heterocycles. The van der Waals surface area contributed by atoms with Crippen LogP contribution in [0.15, 0.2) is 35.3 Å². The van der Waals surface area contributed by atoms with Crippen LogP contribution in [-0.2, 0) is 44.7 Å². The Kier molecular flexibility index (Phi) is 19.8. The molecule has 0 heterocycles. The number of methoxy groups -OCH3 is 2. The summed E-state index contributed by atoms with van der Waals surface area (Å²) in [7, 11) is 2.35. The number of rotatable bonds is 23. The van der Waals surface area contributed by atoms with Crippen LogP contribution in [0.1, 0.15) is 64.4 Å². The third-order valence-electron chi connectivity index (χ3n) is 7.84. The lowest BCUT2D eigenvalue weighted by Gasteiger charge is -2.26. The van der Waals surface area contributed by atoms with Crippen molar-refractivity contribution in [3.05, 3.63) is 35.9 Å². The Labute approximate surface area is 287 Å². The molecule has 1 unspecified atom stereocenters. The van der Waals surface area contributed by atoms with E-state index in [9.17, 15) is 28.8 Å². The Balaban J connectivity index is 3.14. The highest BCUT2D eigenvalue weighted by molar-refractivity contribution is 5.97. The predicted molar refractivity (Wildman–Crippen MR) is 183 cm³/mol. The molecule has 0 spiro atoms. The normalized spacial score (nSPS) is 13.9. The summed E-state index contributed by atoms with van der Waals surface area (Å²) in [5.41, 5.74) is 23.1. The van der Waals surface area contributed by atoms with E-state index in [0.717, 1.165) is 12.7 Å². The fraction of sp³-hybridized carbons (Fsp3) is 0.606. The van der Waals surface area contributed by atoms with E-state index >= 15 is 0 Å². The maximum absolute atomic E-state index is 13.7. The van der Waals surface area contributed by atoms with Gasteiger partial charge in [0.15, 0.2) is 11.7 Å². The number of guanidine groups is 1. The number of ether oxygens (including phenoxy) is 2. The Morgan fingerprint density at radius 2 is 1.41 bits per heavy atom. The van der Waals surface area contributed by atoms with Gasteiger partial charge in [0.1, 0.15) is 12.1 Å². The highest BCUT2D eigenvalue weighted by atomic mass is 16.5. The lowest BCUT2D eigenvalue weighted by atomic mass is 9.87. The SMILES string of the molecule is COC(=O)C[C@H](NC(=O)[C@H](CCCCN)NC(=O)[C@@H](N)CCCN=C(N)N)C(=O)CC(C(=O)N[C@@H](Cc1ccccc1)C(=O)OC)C(C)C. The van der Waals surface area contributed by atoms with Crippen LogP contribution >= 0.6 is 0 Å². The topological polar surface area (TPSA) is 273 Å². The maximum Gasteiger partial charge on any atom is 0.328 e. The fourth-order valence-electron chi connectivity index (χ4n) is 4.91. The van der Waals surface area contributed by atoms with E-state index in [2.05, 4.69) is 20.9 Å². The van der Waals surface area contributed by atoms with Crippen molar-refractivity contribution in [2.45, 2.75) is 89.4 Å². The Bertz CT molecular complexity index is 1260. The largest absolute Gasteiger partial charge is 0.469 e. The first kappa shape index (κ1) is 42.5. The molecule has 1 rings (SSSR count). The van der Waals surface area contributed by atoms with E-state index < -0.39 is 71.9 Å². The van der Waals surface area contributed by atoms with E-state index in [-0.39, 0.29) is 44.1 Å². The van der Waals surface area contributed by atoms with Gasteiger partial charge < -0.3 is 48.4 Å². The quantitative estimate of drug-likeness (QED) is 0.0321. The summed E-state index contributed by atoms with van der Waals surface area (Å²) in [5.74, 6) is -5.32. The van der Waals surface area contributed by atoms with Gasteiger partial charge in [-0.1, -0.05) is 44.2 Å². The van der Waals surface area contributed by atoms with Gasteiger partial charge in [0, 0.05) is 25.3 Å². The molecule has 0 saturated carbocycles. The number of nitrogens with zero attached hydrogens (tertiary/aromatic N) is 1. The minimum atomic E-state index is -1.38. The lowest BCUT2D eigenvalue weighted by Crippen LogP contribution is -2.55. The van der Waals surface area contributed by atoms with Crippen molar-refractivity contribution < 1.29 is 38.2 Å². The van der Waals surface area contributed by atoms with Crippen LogP contribution < -0.4 is 38.9 Å². The van der Waals surface area contributed by atoms with E-state index in [0.29, 0.717) is 25.8 Å². The van der Waals surface area contributed by atoms with Crippen LogP contribution in [0.3, 0.4) is 0 Å². The predicted octanol–water partition coefficient (Wildman–Crippen LogP) is -0.839. The van der Waals surface area contributed by atoms with Gasteiger partial charge in [-0.2, -0.15) is 0 Å². The number of hydrogen-bond donors (Lipinski definition) is 7. The first-order valence-corrected chi connectivity index (χ1v) is 16.4. The number of hydrogen-bond acceptors (Lipinski definition) is 11. The molecule has 3 amide bonds. The van der Waals surface area contributed by atoms with Crippen molar-refractivity contribution in [1.82, 2.24) is 16.0 Å². The Morgan fingerprint density at radius 3 is 1.98 bits per heavy atom.